The van der Waals surface area contributed by atoms with Gasteiger partial charge in [-0.05, 0) is 50.2 Å². The van der Waals surface area contributed by atoms with E-state index < -0.39 is 0 Å². The Kier molecular flexibility index (Phi) is 4.66. The lowest BCUT2D eigenvalue weighted by atomic mass is 10.1. The molecule has 0 spiro atoms. The predicted octanol–water partition coefficient (Wildman–Crippen LogP) is 4.57. The number of pyridine rings is 1. The molecule has 0 aliphatic carbocycles. The van der Waals surface area contributed by atoms with Gasteiger partial charge in [0.2, 0.25) is 5.89 Å². The third-order valence-corrected chi connectivity index (χ3v) is 5.64. The summed E-state index contributed by atoms with van der Waals surface area (Å²) >= 11 is 12.3. The smallest absolute Gasteiger partial charge is 0.231 e. The van der Waals surface area contributed by atoms with Gasteiger partial charge in [-0.15, -0.1) is 0 Å². The molecule has 29 heavy (non-hydrogen) atoms. The number of oxazole rings is 1. The fourth-order valence-corrected chi connectivity index (χ4v) is 4.15. The number of aromatic nitrogens is 4. The van der Waals surface area contributed by atoms with Crippen LogP contribution in [-0.2, 0) is 0 Å². The zero-order valence-corrected chi connectivity index (χ0v) is 16.9. The summed E-state index contributed by atoms with van der Waals surface area (Å²) in [4.78, 5) is 8.81. The van der Waals surface area contributed by atoms with Crippen molar-refractivity contribution in [2.45, 2.75) is 18.9 Å². The summed E-state index contributed by atoms with van der Waals surface area (Å²) < 4.78 is 7.89. The summed E-state index contributed by atoms with van der Waals surface area (Å²) in [6, 6.07) is 7.60. The molecule has 4 heterocycles. The van der Waals surface area contributed by atoms with Crippen LogP contribution in [0, 0.1) is 0 Å². The van der Waals surface area contributed by atoms with Crippen LogP contribution in [0.15, 0.2) is 41.1 Å². The quantitative estimate of drug-likeness (QED) is 0.496. The van der Waals surface area contributed by atoms with Crippen molar-refractivity contribution in [3.8, 4) is 22.7 Å². The number of fused-ring (bicyclic) bond motifs is 1. The summed E-state index contributed by atoms with van der Waals surface area (Å²) in [6.45, 7) is 2.02. The third kappa shape index (κ3) is 3.46. The summed E-state index contributed by atoms with van der Waals surface area (Å²) in [6.07, 6.45) is 5.86. The first-order valence-electron chi connectivity index (χ1n) is 9.36. The van der Waals surface area contributed by atoms with Gasteiger partial charge in [0.1, 0.15) is 11.3 Å². The van der Waals surface area contributed by atoms with Crippen LogP contribution in [0.3, 0.4) is 0 Å². The molecule has 1 aliphatic rings. The molecule has 1 saturated heterocycles. The summed E-state index contributed by atoms with van der Waals surface area (Å²) in [5.74, 6) is 0.661. The van der Waals surface area contributed by atoms with E-state index in [0.29, 0.717) is 44.5 Å². The minimum absolute atomic E-state index is 0.320. The summed E-state index contributed by atoms with van der Waals surface area (Å²) in [5.41, 5.74) is 9.39. The summed E-state index contributed by atoms with van der Waals surface area (Å²) in [5, 5.41) is 9.02. The van der Waals surface area contributed by atoms with Crippen molar-refractivity contribution in [1.29, 1.82) is 0 Å². The number of hydrogen-bond donors (Lipinski definition) is 2. The molecule has 0 amide bonds. The van der Waals surface area contributed by atoms with Gasteiger partial charge in [0, 0.05) is 23.0 Å². The van der Waals surface area contributed by atoms with Crippen molar-refractivity contribution in [3.63, 3.8) is 0 Å². The number of anilines is 1. The van der Waals surface area contributed by atoms with E-state index in [9.17, 15) is 0 Å². The van der Waals surface area contributed by atoms with E-state index in [1.54, 1.807) is 18.3 Å². The monoisotopic (exact) mass is 428 g/mol. The zero-order chi connectivity index (χ0) is 20.0. The van der Waals surface area contributed by atoms with E-state index in [2.05, 4.69) is 15.3 Å². The summed E-state index contributed by atoms with van der Waals surface area (Å²) in [7, 11) is 0. The van der Waals surface area contributed by atoms with Crippen molar-refractivity contribution in [1.82, 2.24) is 25.1 Å². The molecule has 1 fully saturated rings. The topological polar surface area (TPSA) is 94.8 Å². The van der Waals surface area contributed by atoms with Crippen LogP contribution in [0.1, 0.15) is 18.9 Å². The van der Waals surface area contributed by atoms with Crippen molar-refractivity contribution in [3.05, 3.63) is 46.7 Å². The van der Waals surface area contributed by atoms with Gasteiger partial charge in [0.25, 0.3) is 0 Å². The zero-order valence-electron chi connectivity index (χ0n) is 15.4. The number of benzene rings is 1. The third-order valence-electron chi connectivity index (χ3n) is 5.15. The number of rotatable bonds is 3. The second kappa shape index (κ2) is 7.33. The Hall–Kier alpha value is -2.61. The van der Waals surface area contributed by atoms with Gasteiger partial charge in [-0.2, -0.15) is 5.10 Å². The molecule has 4 aromatic rings. The Labute approximate surface area is 176 Å². The predicted molar refractivity (Wildman–Crippen MR) is 114 cm³/mol. The second-order valence-electron chi connectivity index (χ2n) is 7.07. The lowest BCUT2D eigenvalue weighted by Gasteiger charge is -2.22. The Morgan fingerprint density at radius 2 is 2.00 bits per heavy atom. The highest BCUT2D eigenvalue weighted by Crippen LogP contribution is 2.35. The Balaban J connectivity index is 1.52. The van der Waals surface area contributed by atoms with E-state index in [1.807, 2.05) is 23.0 Å². The lowest BCUT2D eigenvalue weighted by molar-refractivity contribution is 0.343. The maximum atomic E-state index is 6.22. The van der Waals surface area contributed by atoms with Gasteiger partial charge in [0.15, 0.2) is 5.58 Å². The van der Waals surface area contributed by atoms with E-state index in [-0.39, 0.29) is 0 Å². The van der Waals surface area contributed by atoms with Crippen molar-refractivity contribution >= 4 is 40.1 Å². The number of hydrogen-bond acceptors (Lipinski definition) is 6. The first kappa shape index (κ1) is 18.4. The number of halogens is 2. The average Bonchev–Trinajstić information content (AvgIpc) is 3.37. The fraction of sp³-hybridized carbons (Fsp3) is 0.250. The van der Waals surface area contributed by atoms with Crippen LogP contribution in [0.2, 0.25) is 10.0 Å². The highest BCUT2D eigenvalue weighted by atomic mass is 35.5. The molecule has 0 bridgehead atoms. The van der Waals surface area contributed by atoms with Gasteiger partial charge < -0.3 is 15.5 Å². The van der Waals surface area contributed by atoms with Crippen molar-refractivity contribution < 1.29 is 4.42 Å². The number of nitrogens with zero attached hydrogens (tertiary/aromatic N) is 4. The standard InChI is InChI=1S/C20H18Cl2N6O/c21-12-8-15(22)18-17(9-12)26-20(29-18)14-7-11(10-25-19(14)23)16-3-6-28(27-16)13-1-4-24-5-2-13/h3,6-10,13,24H,1-2,4-5H2,(H2,23,25). The van der Waals surface area contributed by atoms with Gasteiger partial charge in [0.05, 0.1) is 22.3 Å². The largest absolute Gasteiger partial charge is 0.434 e. The van der Waals surface area contributed by atoms with Gasteiger partial charge in [-0.25, -0.2) is 9.97 Å². The first-order valence-corrected chi connectivity index (χ1v) is 10.1. The molecule has 0 atom stereocenters. The SMILES string of the molecule is Nc1ncc(-c2ccn(C3CCNCC3)n2)cc1-c1nc2cc(Cl)cc(Cl)c2o1. The molecule has 0 saturated carbocycles. The molecule has 1 aliphatic heterocycles. The molecule has 3 N–H and O–H groups in total. The normalized spacial score (nSPS) is 15.2. The number of nitrogens with one attached hydrogen (secondary N) is 1. The van der Waals surface area contributed by atoms with Crippen LogP contribution < -0.4 is 11.1 Å². The highest BCUT2D eigenvalue weighted by Gasteiger charge is 2.19. The molecular formula is C20H18Cl2N6O. The maximum absolute atomic E-state index is 6.22. The van der Waals surface area contributed by atoms with Crippen LogP contribution in [0.4, 0.5) is 5.82 Å². The fourth-order valence-electron chi connectivity index (χ4n) is 3.63. The van der Waals surface area contributed by atoms with Crippen LogP contribution in [0.5, 0.6) is 0 Å². The van der Waals surface area contributed by atoms with Crippen LogP contribution in [-0.4, -0.2) is 32.8 Å². The number of nitrogens with two attached hydrogens (primary N) is 1. The van der Waals surface area contributed by atoms with Gasteiger partial charge in [-0.3, -0.25) is 4.68 Å². The van der Waals surface area contributed by atoms with E-state index in [4.69, 9.17) is 38.5 Å². The molecule has 5 rings (SSSR count). The van der Waals surface area contributed by atoms with E-state index >= 15 is 0 Å². The van der Waals surface area contributed by atoms with Crippen molar-refractivity contribution in [2.75, 3.05) is 18.8 Å². The van der Waals surface area contributed by atoms with E-state index in [0.717, 1.165) is 37.2 Å². The second-order valence-corrected chi connectivity index (χ2v) is 7.92. The lowest BCUT2D eigenvalue weighted by Crippen LogP contribution is -2.29. The number of nitrogen functional groups attached to an aromatic ring is 1. The molecule has 0 unspecified atom stereocenters. The molecule has 3 aromatic heterocycles. The van der Waals surface area contributed by atoms with Crippen molar-refractivity contribution in [2.24, 2.45) is 0 Å². The molecule has 9 heteroatoms. The molecule has 7 nitrogen and oxygen atoms in total. The van der Waals surface area contributed by atoms with E-state index in [1.165, 1.54) is 0 Å². The molecule has 1 aromatic carbocycles. The minimum Gasteiger partial charge on any atom is -0.434 e. The molecular weight excluding hydrogens is 411 g/mol. The Morgan fingerprint density at radius 3 is 2.83 bits per heavy atom. The minimum atomic E-state index is 0.320. The molecule has 148 valence electrons. The Bertz CT molecular complexity index is 1200. The maximum Gasteiger partial charge on any atom is 0.231 e. The molecule has 0 radical (unpaired) electrons. The highest BCUT2D eigenvalue weighted by molar-refractivity contribution is 6.38. The number of piperidine rings is 1. The Morgan fingerprint density at radius 1 is 1.17 bits per heavy atom. The first-order chi connectivity index (χ1) is 14.1. The average molecular weight is 429 g/mol. The van der Waals surface area contributed by atoms with Crippen LogP contribution >= 0.6 is 23.2 Å². The van der Waals surface area contributed by atoms with Gasteiger partial charge >= 0.3 is 0 Å². The van der Waals surface area contributed by atoms with Gasteiger partial charge in [-0.1, -0.05) is 23.2 Å². The van der Waals surface area contributed by atoms with Crippen LogP contribution in [0.25, 0.3) is 33.8 Å².